The van der Waals surface area contributed by atoms with Crippen LogP contribution in [-0.2, 0) is 25.7 Å². The number of likely N-dealkylation sites (tertiary alicyclic amines) is 1. The number of carbonyl (C=O) groups is 3. The molecule has 2 aromatic carbocycles. The van der Waals surface area contributed by atoms with Crippen molar-refractivity contribution in [3.63, 3.8) is 0 Å². The molecular weight excluding hydrogens is 566 g/mol. The van der Waals surface area contributed by atoms with Gasteiger partial charge in [-0.05, 0) is 56.2 Å². The Hall–Kier alpha value is -3.75. The fraction of sp³-hybridized carbons (Fsp3) is 0.486. The zero-order valence-electron chi connectivity index (χ0n) is 26.7. The van der Waals surface area contributed by atoms with Crippen LogP contribution in [0.4, 0.5) is 5.69 Å². The zero-order valence-corrected chi connectivity index (χ0v) is 26.7. The van der Waals surface area contributed by atoms with Crippen LogP contribution in [-0.4, -0.2) is 76.6 Å². The maximum absolute atomic E-state index is 14.9. The van der Waals surface area contributed by atoms with Crippen LogP contribution in [0, 0.1) is 25.7 Å². The van der Waals surface area contributed by atoms with E-state index in [1.165, 1.54) is 0 Å². The molecule has 3 aliphatic rings. The number of hydrogen-bond donors (Lipinski definition) is 1. The van der Waals surface area contributed by atoms with E-state index in [0.717, 1.165) is 35.2 Å². The van der Waals surface area contributed by atoms with Crippen molar-refractivity contribution in [3.05, 3.63) is 90.5 Å². The van der Waals surface area contributed by atoms with Gasteiger partial charge in [0.15, 0.2) is 0 Å². The van der Waals surface area contributed by atoms with E-state index in [1.807, 2.05) is 62.4 Å². The summed E-state index contributed by atoms with van der Waals surface area (Å²) in [6.07, 6.45) is 7.22. The van der Waals surface area contributed by atoms with Gasteiger partial charge in [-0.1, -0.05) is 73.5 Å². The van der Waals surface area contributed by atoms with Crippen LogP contribution in [0.1, 0.15) is 55.2 Å². The number of rotatable bonds is 15. The average Bonchev–Trinajstić information content (AvgIpc) is 3.67. The fourth-order valence-electron chi connectivity index (χ4n) is 7.90. The summed E-state index contributed by atoms with van der Waals surface area (Å²) in [6.45, 7) is 13.4. The molecule has 3 amide bonds. The number of fused-ring (bicyclic) bond motifs is 1. The second kappa shape index (κ2) is 14.1. The van der Waals surface area contributed by atoms with Gasteiger partial charge in [0.05, 0.1) is 17.9 Å². The van der Waals surface area contributed by atoms with E-state index in [2.05, 4.69) is 13.2 Å². The minimum absolute atomic E-state index is 0.127. The van der Waals surface area contributed by atoms with Crippen molar-refractivity contribution < 1.29 is 24.2 Å². The molecule has 5 atom stereocenters. The van der Waals surface area contributed by atoms with Gasteiger partial charge in [-0.3, -0.25) is 14.4 Å². The third kappa shape index (κ3) is 6.10. The maximum Gasteiger partial charge on any atom is 0.253 e. The number of aliphatic hydroxyl groups excluding tert-OH is 1. The van der Waals surface area contributed by atoms with E-state index < -0.39 is 29.6 Å². The van der Waals surface area contributed by atoms with Gasteiger partial charge >= 0.3 is 0 Å². The molecule has 0 saturated carbocycles. The first-order valence-electron chi connectivity index (χ1n) is 16.3. The van der Waals surface area contributed by atoms with Gasteiger partial charge in [0.1, 0.15) is 11.6 Å². The van der Waals surface area contributed by atoms with Crippen molar-refractivity contribution >= 4 is 23.4 Å². The molecule has 0 radical (unpaired) electrons. The van der Waals surface area contributed by atoms with Crippen molar-refractivity contribution in [2.45, 2.75) is 76.7 Å². The molecule has 5 rings (SSSR count). The number of aliphatic hydroxyl groups is 1. The molecule has 3 heterocycles. The van der Waals surface area contributed by atoms with Gasteiger partial charge in [-0.15, -0.1) is 13.2 Å². The van der Waals surface area contributed by atoms with E-state index in [9.17, 15) is 19.5 Å². The summed E-state index contributed by atoms with van der Waals surface area (Å²) in [5.74, 6) is -1.90. The van der Waals surface area contributed by atoms with Crippen molar-refractivity contribution in [2.24, 2.45) is 11.8 Å². The molecule has 45 heavy (non-hydrogen) atoms. The van der Waals surface area contributed by atoms with E-state index in [0.29, 0.717) is 45.3 Å². The lowest BCUT2D eigenvalue weighted by atomic mass is 9.70. The molecule has 2 aromatic rings. The summed E-state index contributed by atoms with van der Waals surface area (Å²) in [5, 5.41) is 9.25. The van der Waals surface area contributed by atoms with Crippen molar-refractivity contribution in [1.29, 1.82) is 0 Å². The Labute approximate surface area is 267 Å². The van der Waals surface area contributed by atoms with E-state index in [4.69, 9.17) is 4.74 Å². The normalized spacial score (nSPS) is 24.9. The highest BCUT2D eigenvalue weighted by atomic mass is 16.5. The molecule has 3 aliphatic heterocycles. The molecular formula is C37H47N3O5. The van der Waals surface area contributed by atoms with Crippen LogP contribution >= 0.6 is 0 Å². The molecule has 2 unspecified atom stereocenters. The summed E-state index contributed by atoms with van der Waals surface area (Å²) in [6, 6.07) is 14.9. The molecule has 3 saturated heterocycles. The predicted octanol–water partition coefficient (Wildman–Crippen LogP) is 4.96. The number of amides is 3. The lowest BCUT2D eigenvalue weighted by molar-refractivity contribution is -0.145. The monoisotopic (exact) mass is 613 g/mol. The first kappa shape index (κ1) is 32.6. The smallest absolute Gasteiger partial charge is 0.253 e. The van der Waals surface area contributed by atoms with Crippen LogP contribution in [0.3, 0.4) is 0 Å². The predicted molar refractivity (Wildman–Crippen MR) is 175 cm³/mol. The van der Waals surface area contributed by atoms with Crippen molar-refractivity contribution in [2.75, 3.05) is 31.1 Å². The minimum atomic E-state index is -1.08. The van der Waals surface area contributed by atoms with Gasteiger partial charge in [-0.25, -0.2) is 0 Å². The van der Waals surface area contributed by atoms with E-state index in [-0.39, 0.29) is 30.9 Å². The number of ether oxygens (including phenoxy) is 1. The Bertz CT molecular complexity index is 1390. The van der Waals surface area contributed by atoms with Gasteiger partial charge in [0.25, 0.3) is 5.91 Å². The SMILES string of the molecule is C=CCN(Cc1ccccc1)C(=O)[C@@H]1[C@@H]2CCC3(O2)C(C(=O)N(CC=C)c2c(C)cccc2C)N(CCCCCCO)C(=O)[C@H]13. The van der Waals surface area contributed by atoms with Crippen LogP contribution in [0.15, 0.2) is 73.8 Å². The van der Waals surface area contributed by atoms with Gasteiger partial charge in [0, 0.05) is 38.5 Å². The lowest BCUT2D eigenvalue weighted by Gasteiger charge is -2.37. The number of benzene rings is 2. The number of hydrogen-bond acceptors (Lipinski definition) is 5. The Morgan fingerprint density at radius 2 is 1.67 bits per heavy atom. The Morgan fingerprint density at radius 1 is 0.978 bits per heavy atom. The molecule has 3 fully saturated rings. The fourth-order valence-corrected chi connectivity index (χ4v) is 7.90. The first-order chi connectivity index (χ1) is 21.8. The summed E-state index contributed by atoms with van der Waals surface area (Å²) in [4.78, 5) is 49.0. The van der Waals surface area contributed by atoms with Gasteiger partial charge < -0.3 is 24.5 Å². The maximum atomic E-state index is 14.9. The van der Waals surface area contributed by atoms with Gasteiger partial charge in [-0.2, -0.15) is 0 Å². The lowest BCUT2D eigenvalue weighted by Crippen LogP contribution is -2.57. The summed E-state index contributed by atoms with van der Waals surface area (Å²) >= 11 is 0. The second-order valence-corrected chi connectivity index (χ2v) is 12.7. The number of para-hydroxylation sites is 1. The Kier molecular flexibility index (Phi) is 10.2. The van der Waals surface area contributed by atoms with Crippen LogP contribution < -0.4 is 4.90 Å². The van der Waals surface area contributed by atoms with Crippen molar-refractivity contribution in [1.82, 2.24) is 9.80 Å². The summed E-state index contributed by atoms with van der Waals surface area (Å²) < 4.78 is 6.76. The van der Waals surface area contributed by atoms with Crippen LogP contribution in [0.2, 0.25) is 0 Å². The largest absolute Gasteiger partial charge is 0.396 e. The van der Waals surface area contributed by atoms with Crippen molar-refractivity contribution in [3.8, 4) is 0 Å². The number of carbonyl (C=O) groups excluding carboxylic acids is 3. The van der Waals surface area contributed by atoms with Crippen LogP contribution in [0.5, 0.6) is 0 Å². The molecule has 0 aliphatic carbocycles. The number of aryl methyl sites for hydroxylation is 2. The first-order valence-corrected chi connectivity index (χ1v) is 16.3. The highest BCUT2D eigenvalue weighted by Crippen LogP contribution is 2.59. The third-order valence-electron chi connectivity index (χ3n) is 9.79. The number of anilines is 1. The highest BCUT2D eigenvalue weighted by Gasteiger charge is 2.74. The van der Waals surface area contributed by atoms with E-state index >= 15 is 0 Å². The molecule has 240 valence electrons. The topological polar surface area (TPSA) is 90.4 Å². The quantitative estimate of drug-likeness (QED) is 0.227. The minimum Gasteiger partial charge on any atom is -0.396 e. The Morgan fingerprint density at radius 3 is 2.33 bits per heavy atom. The van der Waals surface area contributed by atoms with Crippen LogP contribution in [0.25, 0.3) is 0 Å². The second-order valence-electron chi connectivity index (χ2n) is 12.7. The molecule has 1 N–H and O–H groups in total. The van der Waals surface area contributed by atoms with E-state index in [1.54, 1.807) is 26.9 Å². The number of nitrogens with zero attached hydrogens (tertiary/aromatic N) is 3. The zero-order chi connectivity index (χ0) is 32.1. The average molecular weight is 614 g/mol. The number of unbranched alkanes of at least 4 members (excludes halogenated alkanes) is 3. The molecule has 2 bridgehead atoms. The molecule has 0 aromatic heterocycles. The standard InChI is InChI=1S/C37H47N3O5/c1-5-21-38(25-28-17-10-9-11-18-28)34(42)30-29-19-20-37(45-29)31(30)35(43)40(23-12-7-8-13-24-41)33(37)36(44)39(22-6-2)32-26(3)15-14-16-27(32)4/h5-6,9-11,14-18,29-31,33,41H,1-2,7-8,12-13,19-25H2,3-4H3/t29-,30+,31-,33?,37?/m0/s1. The molecule has 1 spiro atoms. The summed E-state index contributed by atoms with van der Waals surface area (Å²) in [7, 11) is 0. The summed E-state index contributed by atoms with van der Waals surface area (Å²) in [5.41, 5.74) is 2.66. The molecule has 8 heteroatoms. The Balaban J connectivity index is 1.52. The highest BCUT2D eigenvalue weighted by molar-refractivity contribution is 6.05. The van der Waals surface area contributed by atoms with Gasteiger partial charge in [0.2, 0.25) is 11.8 Å². The third-order valence-corrected chi connectivity index (χ3v) is 9.79. The molecule has 8 nitrogen and oxygen atoms in total.